The fourth-order valence-electron chi connectivity index (χ4n) is 2.79. The Kier molecular flexibility index (Phi) is 5.97. The molecule has 0 saturated carbocycles. The van der Waals surface area contributed by atoms with Gasteiger partial charge in [0.25, 0.3) is 11.6 Å². The molecule has 0 spiro atoms. The molecule has 7 nitrogen and oxygen atoms in total. The molecule has 0 saturated heterocycles. The number of halogens is 3. The lowest BCUT2D eigenvalue weighted by Crippen LogP contribution is -2.16. The Labute approximate surface area is 194 Å². The third-order valence-corrected chi connectivity index (χ3v) is 6.35. The van der Waals surface area contributed by atoms with Gasteiger partial charge in [0.15, 0.2) is 0 Å². The molecular formula is C20H10Cl3N3O4S. The molecule has 0 radical (unpaired) electrons. The Bertz CT molecular complexity index is 1350. The molecule has 2 aromatic heterocycles. The van der Waals surface area contributed by atoms with Gasteiger partial charge in [-0.1, -0.05) is 34.8 Å². The average molecular weight is 495 g/mol. The summed E-state index contributed by atoms with van der Waals surface area (Å²) in [4.78, 5) is 23.0. The summed E-state index contributed by atoms with van der Waals surface area (Å²) in [7, 11) is 0. The predicted molar refractivity (Wildman–Crippen MR) is 123 cm³/mol. The number of carbonyl (C=O) groups excluding carboxylic acids is 1. The zero-order valence-corrected chi connectivity index (χ0v) is 18.3. The first-order valence-electron chi connectivity index (χ1n) is 8.58. The highest BCUT2D eigenvalue weighted by atomic mass is 35.5. The number of nitrogens with zero attached hydrogens (tertiary/aromatic N) is 2. The smallest absolute Gasteiger partial charge is 0.283 e. The molecule has 0 bridgehead atoms. The molecular weight excluding hydrogens is 485 g/mol. The van der Waals surface area contributed by atoms with Crippen LogP contribution in [-0.2, 0) is 0 Å². The van der Waals surface area contributed by atoms with Gasteiger partial charge in [-0.05, 0) is 36.4 Å². The molecule has 2 heterocycles. The molecule has 156 valence electrons. The van der Waals surface area contributed by atoms with Crippen LogP contribution in [0, 0.1) is 10.1 Å². The Morgan fingerprint density at radius 2 is 1.87 bits per heavy atom. The molecule has 0 aliphatic rings. The van der Waals surface area contributed by atoms with Crippen molar-refractivity contribution in [3.05, 3.63) is 84.4 Å². The number of nitro groups is 1. The highest BCUT2D eigenvalue weighted by Gasteiger charge is 2.19. The van der Waals surface area contributed by atoms with Gasteiger partial charge in [0, 0.05) is 32.8 Å². The molecule has 0 aliphatic carbocycles. The summed E-state index contributed by atoms with van der Waals surface area (Å²) in [6.07, 6.45) is 1.33. The van der Waals surface area contributed by atoms with Crippen LogP contribution in [0.25, 0.3) is 21.4 Å². The molecule has 0 aliphatic heterocycles. The lowest BCUT2D eigenvalue weighted by molar-refractivity contribution is -0.384. The molecule has 0 atom stereocenters. The van der Waals surface area contributed by atoms with E-state index in [9.17, 15) is 14.9 Å². The van der Waals surface area contributed by atoms with Crippen molar-refractivity contribution in [2.75, 3.05) is 0 Å². The molecule has 1 amide bonds. The van der Waals surface area contributed by atoms with Gasteiger partial charge in [-0.15, -0.1) is 11.3 Å². The third-order valence-electron chi connectivity index (χ3n) is 4.20. The summed E-state index contributed by atoms with van der Waals surface area (Å²) >= 11 is 19.6. The maximum atomic E-state index is 12.5. The van der Waals surface area contributed by atoms with Gasteiger partial charge in [0.05, 0.1) is 21.2 Å². The first-order chi connectivity index (χ1) is 14.8. The van der Waals surface area contributed by atoms with Gasteiger partial charge in [-0.3, -0.25) is 14.9 Å². The largest absolute Gasteiger partial charge is 0.455 e. The Balaban J connectivity index is 1.47. The van der Waals surface area contributed by atoms with Crippen LogP contribution in [-0.4, -0.2) is 17.0 Å². The van der Waals surface area contributed by atoms with Gasteiger partial charge in [0.2, 0.25) is 0 Å². The summed E-state index contributed by atoms with van der Waals surface area (Å²) < 4.78 is 6.32. The number of hydrogen-bond acceptors (Lipinski definition) is 6. The summed E-state index contributed by atoms with van der Waals surface area (Å²) in [5, 5.41) is 16.2. The molecule has 1 N–H and O–H groups in total. The number of non-ortho nitro benzene ring substituents is 1. The number of carbonyl (C=O) groups is 1. The van der Waals surface area contributed by atoms with E-state index in [1.165, 1.54) is 18.3 Å². The molecule has 11 heteroatoms. The van der Waals surface area contributed by atoms with E-state index in [2.05, 4.69) is 10.5 Å². The van der Waals surface area contributed by atoms with E-state index in [1.807, 2.05) is 0 Å². The average Bonchev–Trinajstić information content (AvgIpc) is 3.32. The van der Waals surface area contributed by atoms with Crippen molar-refractivity contribution in [3.63, 3.8) is 0 Å². The van der Waals surface area contributed by atoms with Crippen molar-refractivity contribution in [1.82, 2.24) is 5.43 Å². The lowest BCUT2D eigenvalue weighted by Gasteiger charge is -1.98. The topological polar surface area (TPSA) is 97.7 Å². The zero-order chi connectivity index (χ0) is 22.1. The number of rotatable bonds is 5. The van der Waals surface area contributed by atoms with E-state index in [4.69, 9.17) is 39.2 Å². The molecule has 2 aromatic carbocycles. The Hall–Kier alpha value is -2.91. The van der Waals surface area contributed by atoms with Crippen LogP contribution >= 0.6 is 46.1 Å². The van der Waals surface area contributed by atoms with Crippen LogP contribution in [0.4, 0.5) is 5.69 Å². The normalized spacial score (nSPS) is 11.3. The Morgan fingerprint density at radius 3 is 2.58 bits per heavy atom. The maximum absolute atomic E-state index is 12.5. The van der Waals surface area contributed by atoms with Crippen molar-refractivity contribution in [3.8, 4) is 11.3 Å². The zero-order valence-electron chi connectivity index (χ0n) is 15.3. The molecule has 4 aromatic rings. The minimum atomic E-state index is -0.503. The fraction of sp³-hybridized carbons (Fsp3) is 0. The van der Waals surface area contributed by atoms with Gasteiger partial charge >= 0.3 is 0 Å². The van der Waals surface area contributed by atoms with Gasteiger partial charge in [-0.25, -0.2) is 5.43 Å². The molecule has 0 unspecified atom stereocenters. The van der Waals surface area contributed by atoms with Gasteiger partial charge in [0.1, 0.15) is 16.4 Å². The fourth-order valence-corrected chi connectivity index (χ4v) is 5.06. The van der Waals surface area contributed by atoms with E-state index >= 15 is 0 Å². The number of amides is 1. The van der Waals surface area contributed by atoms with Crippen molar-refractivity contribution in [1.29, 1.82) is 0 Å². The van der Waals surface area contributed by atoms with Crippen LogP contribution in [0.1, 0.15) is 15.4 Å². The second-order valence-corrected chi connectivity index (χ2v) is 8.48. The van der Waals surface area contributed by atoms with E-state index < -0.39 is 10.8 Å². The highest BCUT2D eigenvalue weighted by Crippen LogP contribution is 2.41. The number of nitrogens with one attached hydrogen (secondary N) is 1. The monoisotopic (exact) mass is 493 g/mol. The second kappa shape index (κ2) is 8.68. The van der Waals surface area contributed by atoms with Crippen molar-refractivity contribution in [2.24, 2.45) is 5.10 Å². The summed E-state index contributed by atoms with van der Waals surface area (Å²) in [6, 6.07) is 12.5. The molecule has 4 rings (SSSR count). The highest BCUT2D eigenvalue weighted by molar-refractivity contribution is 7.21. The van der Waals surface area contributed by atoms with E-state index in [1.54, 1.807) is 36.4 Å². The number of furan rings is 1. The number of nitro benzene ring substituents is 1. The quantitative estimate of drug-likeness (QED) is 0.187. The minimum Gasteiger partial charge on any atom is -0.455 e. The second-order valence-electron chi connectivity index (χ2n) is 6.21. The predicted octanol–water partition coefficient (Wildman–Crippen LogP) is 6.79. The summed E-state index contributed by atoms with van der Waals surface area (Å²) in [6.45, 7) is 0. The summed E-state index contributed by atoms with van der Waals surface area (Å²) in [5.41, 5.74) is 3.06. The van der Waals surface area contributed by atoms with E-state index in [0.717, 1.165) is 11.3 Å². The minimum absolute atomic E-state index is 0.0109. The van der Waals surface area contributed by atoms with Crippen molar-refractivity contribution < 1.29 is 14.1 Å². The van der Waals surface area contributed by atoms with E-state index in [-0.39, 0.29) is 15.6 Å². The van der Waals surface area contributed by atoms with Crippen LogP contribution in [0.5, 0.6) is 0 Å². The SMILES string of the molecule is O=C(NN=Cc1ccc(-c2ccc([N+](=O)[O-])cc2)o1)c1sc2cc(Cl)cc(Cl)c2c1Cl. The first kappa shape index (κ1) is 21.3. The van der Waals surface area contributed by atoms with Crippen LogP contribution < -0.4 is 5.43 Å². The summed E-state index contributed by atoms with van der Waals surface area (Å²) in [5.74, 6) is 0.379. The van der Waals surface area contributed by atoms with Crippen molar-refractivity contribution >= 4 is 74.0 Å². The number of hydrogen-bond donors (Lipinski definition) is 1. The number of fused-ring (bicyclic) bond motifs is 1. The number of benzene rings is 2. The van der Waals surface area contributed by atoms with Gasteiger partial charge < -0.3 is 4.42 Å². The standard InChI is InChI=1S/C20H10Cl3N3O4S/c21-11-7-14(22)17-16(8-11)31-19(18(17)23)20(27)25-24-9-13-5-6-15(30-13)10-1-3-12(4-2-10)26(28)29/h1-9H,(H,25,27). The van der Waals surface area contributed by atoms with E-state index in [0.29, 0.717) is 37.2 Å². The number of hydrazone groups is 1. The number of thiophene rings is 1. The first-order valence-corrected chi connectivity index (χ1v) is 10.5. The maximum Gasteiger partial charge on any atom is 0.283 e. The van der Waals surface area contributed by atoms with Crippen LogP contribution in [0.3, 0.4) is 0 Å². The molecule has 31 heavy (non-hydrogen) atoms. The Morgan fingerprint density at radius 1 is 1.13 bits per heavy atom. The van der Waals surface area contributed by atoms with Crippen LogP contribution in [0.2, 0.25) is 15.1 Å². The lowest BCUT2D eigenvalue weighted by atomic mass is 10.1. The third kappa shape index (κ3) is 4.42. The molecule has 0 fully saturated rings. The van der Waals surface area contributed by atoms with Crippen LogP contribution in [0.15, 0.2) is 58.0 Å². The van der Waals surface area contributed by atoms with Gasteiger partial charge in [-0.2, -0.15) is 5.10 Å². The van der Waals surface area contributed by atoms with Crippen molar-refractivity contribution in [2.45, 2.75) is 0 Å².